The fourth-order valence-corrected chi connectivity index (χ4v) is 3.42. The molecule has 2 amide bonds. The Bertz CT molecular complexity index is 1040. The van der Waals surface area contributed by atoms with E-state index in [1.165, 1.54) is 18.0 Å². The van der Waals surface area contributed by atoms with E-state index in [1.807, 2.05) is 30.3 Å². The van der Waals surface area contributed by atoms with Gasteiger partial charge in [-0.15, -0.1) is 0 Å². The molecule has 5 nitrogen and oxygen atoms in total. The Morgan fingerprint density at radius 1 is 1.00 bits per heavy atom. The van der Waals surface area contributed by atoms with Crippen molar-refractivity contribution in [2.24, 2.45) is 0 Å². The van der Waals surface area contributed by atoms with Gasteiger partial charge in [-0.3, -0.25) is 9.59 Å². The molecule has 0 saturated heterocycles. The summed E-state index contributed by atoms with van der Waals surface area (Å²) in [5.74, 6) is -0.759. The van der Waals surface area contributed by atoms with Gasteiger partial charge in [0, 0.05) is 30.6 Å². The highest BCUT2D eigenvalue weighted by molar-refractivity contribution is 6.30. The molecule has 1 N–H and O–H groups in total. The standard InChI is InChI=1S/C25H24ClFN2O3/c1-28-25(31)23(15-18-7-3-2-4-8-18)29(16-19-9-5-6-10-22(19)27)24(30)17-32-21-13-11-20(26)12-14-21/h2-14,23H,15-17H2,1H3,(H,28,31)/t23-/m1/s1. The largest absolute Gasteiger partial charge is 0.484 e. The first-order chi connectivity index (χ1) is 15.5. The van der Waals surface area contributed by atoms with Crippen LogP contribution in [0.3, 0.4) is 0 Å². The Kier molecular flexibility index (Phi) is 8.22. The smallest absolute Gasteiger partial charge is 0.261 e. The molecule has 0 aliphatic rings. The lowest BCUT2D eigenvalue weighted by atomic mass is 10.0. The molecule has 32 heavy (non-hydrogen) atoms. The Morgan fingerprint density at radius 3 is 2.31 bits per heavy atom. The molecule has 1 atom stereocenters. The van der Waals surface area contributed by atoms with Crippen LogP contribution in [0.15, 0.2) is 78.9 Å². The molecule has 0 aliphatic heterocycles. The molecular weight excluding hydrogens is 431 g/mol. The van der Waals surface area contributed by atoms with E-state index in [2.05, 4.69) is 5.32 Å². The number of ether oxygens (including phenoxy) is 1. The monoisotopic (exact) mass is 454 g/mol. The van der Waals surface area contributed by atoms with Crippen LogP contribution < -0.4 is 10.1 Å². The molecule has 0 heterocycles. The van der Waals surface area contributed by atoms with Gasteiger partial charge in [0.2, 0.25) is 5.91 Å². The third-order valence-corrected chi connectivity index (χ3v) is 5.24. The van der Waals surface area contributed by atoms with E-state index in [0.29, 0.717) is 16.3 Å². The summed E-state index contributed by atoms with van der Waals surface area (Å²) >= 11 is 5.89. The molecule has 0 radical (unpaired) electrons. The van der Waals surface area contributed by atoms with E-state index in [0.717, 1.165) is 5.56 Å². The normalized spacial score (nSPS) is 11.5. The van der Waals surface area contributed by atoms with Crippen molar-refractivity contribution >= 4 is 23.4 Å². The predicted molar refractivity (Wildman–Crippen MR) is 122 cm³/mol. The number of likely N-dealkylation sites (N-methyl/N-ethyl adjacent to an activating group) is 1. The van der Waals surface area contributed by atoms with Crippen LogP contribution in [0.5, 0.6) is 5.75 Å². The van der Waals surface area contributed by atoms with Gasteiger partial charge >= 0.3 is 0 Å². The minimum absolute atomic E-state index is 0.0690. The number of benzene rings is 3. The molecule has 0 unspecified atom stereocenters. The third kappa shape index (κ3) is 6.31. The van der Waals surface area contributed by atoms with E-state index in [-0.39, 0.29) is 25.5 Å². The molecule has 7 heteroatoms. The number of hydrogen-bond acceptors (Lipinski definition) is 3. The maximum Gasteiger partial charge on any atom is 0.261 e. The highest BCUT2D eigenvalue weighted by Gasteiger charge is 2.30. The van der Waals surface area contributed by atoms with Crippen LogP contribution in [0.1, 0.15) is 11.1 Å². The van der Waals surface area contributed by atoms with Crippen LogP contribution >= 0.6 is 11.6 Å². The summed E-state index contributed by atoms with van der Waals surface area (Å²) in [7, 11) is 1.51. The summed E-state index contributed by atoms with van der Waals surface area (Å²) < 4.78 is 20.0. The lowest BCUT2D eigenvalue weighted by Gasteiger charge is -2.31. The molecule has 0 bridgehead atoms. The summed E-state index contributed by atoms with van der Waals surface area (Å²) in [6, 6.07) is 21.3. The van der Waals surface area contributed by atoms with Crippen molar-refractivity contribution in [3.63, 3.8) is 0 Å². The average Bonchev–Trinajstić information content (AvgIpc) is 2.82. The lowest BCUT2D eigenvalue weighted by Crippen LogP contribution is -2.51. The molecule has 3 aromatic carbocycles. The van der Waals surface area contributed by atoms with E-state index in [1.54, 1.807) is 42.5 Å². The second kappa shape index (κ2) is 11.3. The van der Waals surface area contributed by atoms with Crippen molar-refractivity contribution in [3.8, 4) is 5.75 Å². The zero-order chi connectivity index (χ0) is 22.9. The van der Waals surface area contributed by atoms with Gasteiger partial charge in [-0.25, -0.2) is 4.39 Å². The lowest BCUT2D eigenvalue weighted by molar-refractivity contribution is -0.142. The molecule has 0 aliphatic carbocycles. The molecule has 0 saturated carbocycles. The fraction of sp³-hybridized carbons (Fsp3) is 0.200. The predicted octanol–water partition coefficient (Wildman–Crippen LogP) is 4.24. The quantitative estimate of drug-likeness (QED) is 0.526. The molecule has 3 rings (SSSR count). The first-order valence-corrected chi connectivity index (χ1v) is 10.5. The van der Waals surface area contributed by atoms with Crippen molar-refractivity contribution in [3.05, 3.63) is 101 Å². The summed E-state index contributed by atoms with van der Waals surface area (Å²) in [4.78, 5) is 27.4. The number of nitrogens with zero attached hydrogens (tertiary/aromatic N) is 1. The minimum Gasteiger partial charge on any atom is -0.484 e. The molecule has 0 aromatic heterocycles. The van der Waals surface area contributed by atoms with Crippen molar-refractivity contribution in [2.45, 2.75) is 19.0 Å². The van der Waals surface area contributed by atoms with E-state index >= 15 is 0 Å². The second-order valence-corrected chi connectivity index (χ2v) is 7.61. The molecule has 3 aromatic rings. The zero-order valence-electron chi connectivity index (χ0n) is 17.6. The Labute approximate surface area is 191 Å². The SMILES string of the molecule is CNC(=O)[C@@H](Cc1ccccc1)N(Cc1ccccc1F)C(=O)COc1ccc(Cl)cc1. The van der Waals surface area contributed by atoms with Crippen molar-refractivity contribution < 1.29 is 18.7 Å². The number of carbonyl (C=O) groups is 2. The van der Waals surface area contributed by atoms with Gasteiger partial charge in [-0.2, -0.15) is 0 Å². The number of carbonyl (C=O) groups excluding carboxylic acids is 2. The van der Waals surface area contributed by atoms with Gasteiger partial charge in [0.05, 0.1) is 0 Å². The van der Waals surface area contributed by atoms with Crippen molar-refractivity contribution in [1.82, 2.24) is 10.2 Å². The van der Waals surface area contributed by atoms with Crippen LogP contribution in [-0.4, -0.2) is 36.4 Å². The summed E-state index contributed by atoms with van der Waals surface area (Å²) in [6.45, 7) is -0.376. The van der Waals surface area contributed by atoms with Crippen LogP contribution in [-0.2, 0) is 22.6 Å². The van der Waals surface area contributed by atoms with Crippen LogP contribution in [0.4, 0.5) is 4.39 Å². The Morgan fingerprint density at radius 2 is 1.66 bits per heavy atom. The van der Waals surface area contributed by atoms with Crippen molar-refractivity contribution in [1.29, 1.82) is 0 Å². The maximum atomic E-state index is 14.4. The van der Waals surface area contributed by atoms with E-state index in [9.17, 15) is 14.0 Å². The second-order valence-electron chi connectivity index (χ2n) is 7.18. The summed E-state index contributed by atoms with van der Waals surface area (Å²) in [5, 5.41) is 3.17. The van der Waals surface area contributed by atoms with E-state index in [4.69, 9.17) is 16.3 Å². The number of halogens is 2. The summed E-state index contributed by atoms with van der Waals surface area (Å²) in [5.41, 5.74) is 1.19. The van der Waals surface area contributed by atoms with Gasteiger partial charge in [0.1, 0.15) is 17.6 Å². The number of nitrogens with one attached hydrogen (secondary N) is 1. The van der Waals surface area contributed by atoms with Crippen LogP contribution in [0.25, 0.3) is 0 Å². The Balaban J connectivity index is 1.87. The number of hydrogen-bond donors (Lipinski definition) is 1. The molecule has 0 spiro atoms. The zero-order valence-corrected chi connectivity index (χ0v) is 18.4. The van der Waals surface area contributed by atoms with Gasteiger partial charge < -0.3 is 15.0 Å². The van der Waals surface area contributed by atoms with Gasteiger partial charge in [-0.05, 0) is 35.9 Å². The van der Waals surface area contributed by atoms with Crippen molar-refractivity contribution in [2.75, 3.05) is 13.7 Å². The summed E-state index contributed by atoms with van der Waals surface area (Å²) in [6.07, 6.45) is 0.279. The topological polar surface area (TPSA) is 58.6 Å². The van der Waals surface area contributed by atoms with E-state index < -0.39 is 17.8 Å². The van der Waals surface area contributed by atoms with Gasteiger partial charge in [-0.1, -0.05) is 60.1 Å². The molecular formula is C25H24ClFN2O3. The average molecular weight is 455 g/mol. The fourth-order valence-electron chi connectivity index (χ4n) is 3.29. The molecule has 0 fully saturated rings. The van der Waals surface area contributed by atoms with Crippen LogP contribution in [0.2, 0.25) is 5.02 Å². The number of rotatable bonds is 9. The highest BCUT2D eigenvalue weighted by Crippen LogP contribution is 2.19. The number of amides is 2. The first-order valence-electron chi connectivity index (χ1n) is 10.1. The Hall–Kier alpha value is -3.38. The van der Waals surface area contributed by atoms with Gasteiger partial charge in [0.25, 0.3) is 5.91 Å². The van der Waals surface area contributed by atoms with Crippen LogP contribution in [0, 0.1) is 5.82 Å². The third-order valence-electron chi connectivity index (χ3n) is 4.99. The highest BCUT2D eigenvalue weighted by atomic mass is 35.5. The van der Waals surface area contributed by atoms with Gasteiger partial charge in [0.15, 0.2) is 6.61 Å². The maximum absolute atomic E-state index is 14.4. The minimum atomic E-state index is -0.844. The first kappa shape index (κ1) is 23.3. The molecule has 166 valence electrons.